The van der Waals surface area contributed by atoms with Gasteiger partial charge in [0.2, 0.25) is 0 Å². The molecule has 1 aromatic heterocycles. The molecule has 0 aliphatic carbocycles. The van der Waals surface area contributed by atoms with Crippen LogP contribution in [0.15, 0.2) is 30.5 Å². The van der Waals surface area contributed by atoms with Crippen molar-refractivity contribution in [3.8, 4) is 0 Å². The summed E-state index contributed by atoms with van der Waals surface area (Å²) in [4.78, 5) is 10.1. The summed E-state index contributed by atoms with van der Waals surface area (Å²) in [5.74, 6) is 0. The average molecular weight is 311 g/mol. The van der Waals surface area contributed by atoms with Crippen LogP contribution in [0.4, 0.5) is 5.69 Å². The van der Waals surface area contributed by atoms with Crippen molar-refractivity contribution in [3.05, 3.63) is 51.8 Å². The minimum Gasteiger partial charge on any atom is -0.258 e. The van der Waals surface area contributed by atoms with Gasteiger partial charge in [-0.25, -0.2) is 0 Å². The molecule has 0 radical (unpaired) electrons. The Kier molecular flexibility index (Phi) is 4.03. The molecule has 0 atom stereocenters. The number of aryl methyl sites for hydroxylation is 2. The van der Waals surface area contributed by atoms with E-state index in [1.807, 2.05) is 6.20 Å². The molecule has 2 rings (SSSR count). The van der Waals surface area contributed by atoms with E-state index in [1.165, 1.54) is 12.1 Å². The first-order valence-electron chi connectivity index (χ1n) is 5.37. The highest BCUT2D eigenvalue weighted by Crippen LogP contribution is 2.12. The molecule has 0 amide bonds. The molecule has 7 heteroatoms. The zero-order valence-electron chi connectivity index (χ0n) is 9.49. The molecule has 0 aliphatic heterocycles. The van der Waals surface area contributed by atoms with Crippen LogP contribution >= 0.6 is 15.9 Å². The minimum atomic E-state index is -0.399. The van der Waals surface area contributed by atoms with Crippen LogP contribution in [0.25, 0.3) is 0 Å². The van der Waals surface area contributed by atoms with Gasteiger partial charge >= 0.3 is 0 Å². The van der Waals surface area contributed by atoms with Crippen molar-refractivity contribution in [1.29, 1.82) is 0 Å². The van der Waals surface area contributed by atoms with E-state index in [9.17, 15) is 10.1 Å². The van der Waals surface area contributed by atoms with Crippen LogP contribution in [0.5, 0.6) is 0 Å². The third-order valence-corrected chi connectivity index (χ3v) is 3.07. The van der Waals surface area contributed by atoms with Gasteiger partial charge in [-0.05, 0) is 12.0 Å². The van der Waals surface area contributed by atoms with Gasteiger partial charge < -0.3 is 0 Å². The Morgan fingerprint density at radius 1 is 1.33 bits per heavy atom. The van der Waals surface area contributed by atoms with Crippen LogP contribution in [0.3, 0.4) is 0 Å². The number of aromatic nitrogens is 3. The van der Waals surface area contributed by atoms with E-state index >= 15 is 0 Å². The highest BCUT2D eigenvalue weighted by Gasteiger charge is 2.04. The van der Waals surface area contributed by atoms with Crippen molar-refractivity contribution in [2.45, 2.75) is 18.3 Å². The smallest absolute Gasteiger partial charge is 0.258 e. The fourth-order valence-electron chi connectivity index (χ4n) is 1.54. The van der Waals surface area contributed by atoms with E-state index in [0.717, 1.165) is 17.7 Å². The van der Waals surface area contributed by atoms with Gasteiger partial charge in [0.25, 0.3) is 5.69 Å². The lowest BCUT2D eigenvalue weighted by Gasteiger charge is -2.00. The minimum absolute atomic E-state index is 0.112. The lowest BCUT2D eigenvalue weighted by molar-refractivity contribution is -0.384. The number of halogens is 1. The van der Waals surface area contributed by atoms with Gasteiger partial charge in [-0.3, -0.25) is 14.8 Å². The summed E-state index contributed by atoms with van der Waals surface area (Å²) in [5, 5.41) is 19.1. The zero-order valence-corrected chi connectivity index (χ0v) is 11.1. The number of rotatable bonds is 5. The Bertz CT molecular complexity index is 538. The second-order valence-corrected chi connectivity index (χ2v) is 4.34. The first kappa shape index (κ1) is 12.7. The standard InChI is InChI=1S/C11H11BrN4O2/c12-7-10-8-15(14-13-10)6-5-9-1-3-11(4-2-9)16(17)18/h1-4,8H,5-7H2. The Balaban J connectivity index is 1.95. The molecule has 1 heterocycles. The average Bonchev–Trinajstić information content (AvgIpc) is 2.85. The second kappa shape index (κ2) is 5.72. The number of non-ortho nitro benzene ring substituents is 1. The molecule has 0 fully saturated rings. The number of hydrogen-bond acceptors (Lipinski definition) is 4. The summed E-state index contributed by atoms with van der Waals surface area (Å²) in [6.07, 6.45) is 2.64. The van der Waals surface area contributed by atoms with E-state index in [0.29, 0.717) is 11.9 Å². The van der Waals surface area contributed by atoms with Crippen molar-refractivity contribution in [3.63, 3.8) is 0 Å². The third-order valence-electron chi connectivity index (χ3n) is 2.50. The van der Waals surface area contributed by atoms with E-state index in [1.54, 1.807) is 16.8 Å². The monoisotopic (exact) mass is 310 g/mol. The number of benzene rings is 1. The van der Waals surface area contributed by atoms with E-state index in [4.69, 9.17) is 0 Å². The Morgan fingerprint density at radius 2 is 2.06 bits per heavy atom. The van der Waals surface area contributed by atoms with Crippen molar-refractivity contribution in [2.24, 2.45) is 0 Å². The summed E-state index contributed by atoms with van der Waals surface area (Å²) in [6, 6.07) is 6.56. The molecule has 18 heavy (non-hydrogen) atoms. The van der Waals surface area contributed by atoms with Crippen LogP contribution in [0, 0.1) is 10.1 Å². The van der Waals surface area contributed by atoms with Gasteiger partial charge in [0.1, 0.15) is 0 Å². The van der Waals surface area contributed by atoms with Crippen molar-refractivity contribution in [2.75, 3.05) is 0 Å². The largest absolute Gasteiger partial charge is 0.269 e. The van der Waals surface area contributed by atoms with Gasteiger partial charge in [0.15, 0.2) is 0 Å². The van der Waals surface area contributed by atoms with Crippen LogP contribution in [-0.2, 0) is 18.3 Å². The topological polar surface area (TPSA) is 73.8 Å². The number of nitro groups is 1. The summed E-state index contributed by atoms with van der Waals surface area (Å²) in [6.45, 7) is 0.706. The molecule has 0 N–H and O–H groups in total. The van der Waals surface area contributed by atoms with Gasteiger partial charge in [-0.2, -0.15) is 0 Å². The molecule has 2 aromatic rings. The number of nitro benzene ring substituents is 1. The first-order chi connectivity index (χ1) is 8.69. The highest BCUT2D eigenvalue weighted by molar-refractivity contribution is 9.08. The molecule has 0 aliphatic rings. The van der Waals surface area contributed by atoms with Crippen LogP contribution in [-0.4, -0.2) is 19.9 Å². The normalized spacial score (nSPS) is 10.5. The predicted molar refractivity (Wildman–Crippen MR) is 69.5 cm³/mol. The van der Waals surface area contributed by atoms with Crippen LogP contribution in [0.1, 0.15) is 11.3 Å². The molecule has 1 aromatic carbocycles. The second-order valence-electron chi connectivity index (χ2n) is 3.78. The summed E-state index contributed by atoms with van der Waals surface area (Å²) >= 11 is 3.31. The molecule has 0 unspecified atom stereocenters. The maximum atomic E-state index is 10.5. The summed E-state index contributed by atoms with van der Waals surface area (Å²) in [7, 11) is 0. The summed E-state index contributed by atoms with van der Waals surface area (Å²) < 4.78 is 1.76. The zero-order chi connectivity index (χ0) is 13.0. The summed E-state index contributed by atoms with van der Waals surface area (Å²) in [5.41, 5.74) is 2.04. The molecule has 6 nitrogen and oxygen atoms in total. The SMILES string of the molecule is O=[N+]([O-])c1ccc(CCn2cc(CBr)nn2)cc1. The van der Waals surface area contributed by atoms with E-state index in [2.05, 4.69) is 26.2 Å². The lowest BCUT2D eigenvalue weighted by Crippen LogP contribution is -2.02. The van der Waals surface area contributed by atoms with Crippen molar-refractivity contribution in [1.82, 2.24) is 15.0 Å². The molecule has 0 bridgehead atoms. The molecule has 0 saturated carbocycles. The first-order valence-corrected chi connectivity index (χ1v) is 6.49. The quantitative estimate of drug-likeness (QED) is 0.482. The number of nitrogens with zero attached hydrogens (tertiary/aromatic N) is 4. The third kappa shape index (κ3) is 3.13. The van der Waals surface area contributed by atoms with Crippen molar-refractivity contribution < 1.29 is 4.92 Å². The maximum Gasteiger partial charge on any atom is 0.269 e. The van der Waals surface area contributed by atoms with Crippen LogP contribution < -0.4 is 0 Å². The Morgan fingerprint density at radius 3 is 2.61 bits per heavy atom. The van der Waals surface area contributed by atoms with Gasteiger partial charge in [0, 0.05) is 30.2 Å². The van der Waals surface area contributed by atoms with Crippen molar-refractivity contribution >= 4 is 21.6 Å². The molecular weight excluding hydrogens is 300 g/mol. The van der Waals surface area contributed by atoms with Gasteiger partial charge in [-0.15, -0.1) is 5.10 Å². The van der Waals surface area contributed by atoms with Crippen LogP contribution in [0.2, 0.25) is 0 Å². The van der Waals surface area contributed by atoms with Gasteiger partial charge in [-0.1, -0.05) is 33.3 Å². The fraction of sp³-hybridized carbons (Fsp3) is 0.273. The van der Waals surface area contributed by atoms with Gasteiger partial charge in [0.05, 0.1) is 10.6 Å². The Labute approximate surface area is 112 Å². The highest BCUT2D eigenvalue weighted by atomic mass is 79.9. The Hall–Kier alpha value is -1.76. The molecule has 0 saturated heterocycles. The predicted octanol–water partition coefficient (Wildman–Crippen LogP) is 2.32. The molecular formula is C11H11BrN4O2. The van der Waals surface area contributed by atoms with E-state index < -0.39 is 4.92 Å². The maximum absolute atomic E-state index is 10.5. The van der Waals surface area contributed by atoms with E-state index in [-0.39, 0.29) is 5.69 Å². The lowest BCUT2D eigenvalue weighted by atomic mass is 10.1. The number of hydrogen-bond donors (Lipinski definition) is 0. The molecule has 94 valence electrons. The number of alkyl halides is 1. The molecule has 0 spiro atoms. The fourth-order valence-corrected chi connectivity index (χ4v) is 1.79.